The number of nitro groups is 1. The molecule has 2 heterocycles. The summed E-state index contributed by atoms with van der Waals surface area (Å²) < 4.78 is 18.8. The predicted molar refractivity (Wildman–Crippen MR) is 108 cm³/mol. The van der Waals surface area contributed by atoms with Crippen LogP contribution in [0.3, 0.4) is 0 Å². The Balaban J connectivity index is 1.60. The zero-order valence-electron chi connectivity index (χ0n) is 14.7. The number of amidine groups is 1. The Morgan fingerprint density at radius 3 is 2.48 bits per heavy atom. The smallest absolute Gasteiger partial charge is 0.289 e. The van der Waals surface area contributed by atoms with Gasteiger partial charge in [0.1, 0.15) is 23.2 Å². The van der Waals surface area contributed by atoms with Crippen LogP contribution in [0, 0.1) is 15.9 Å². The van der Waals surface area contributed by atoms with E-state index in [4.69, 9.17) is 4.42 Å². The summed E-state index contributed by atoms with van der Waals surface area (Å²) in [4.78, 5) is 27.0. The van der Waals surface area contributed by atoms with Crippen molar-refractivity contribution >= 4 is 40.3 Å². The summed E-state index contributed by atoms with van der Waals surface area (Å²) in [5.74, 6) is 0.999. The molecule has 1 N–H and O–H groups in total. The highest BCUT2D eigenvalue weighted by Gasteiger charge is 2.24. The van der Waals surface area contributed by atoms with E-state index >= 15 is 0 Å². The summed E-state index contributed by atoms with van der Waals surface area (Å²) in [5.41, 5.74) is 1.19. The van der Waals surface area contributed by atoms with E-state index in [1.165, 1.54) is 36.4 Å². The minimum Gasteiger partial charge on any atom is -0.457 e. The summed E-state index contributed by atoms with van der Waals surface area (Å²) >= 11 is 0.972. The lowest BCUT2D eigenvalue weighted by molar-refractivity contribution is -0.384. The maximum absolute atomic E-state index is 13.1. The van der Waals surface area contributed by atoms with E-state index in [1.54, 1.807) is 30.3 Å². The number of hydrogen-bond acceptors (Lipinski definition) is 6. The van der Waals surface area contributed by atoms with Crippen molar-refractivity contribution < 1.29 is 18.5 Å². The number of nitrogens with one attached hydrogen (secondary N) is 1. The molecule has 7 nitrogen and oxygen atoms in total. The molecular weight excluding hydrogens is 397 g/mol. The molecule has 1 fully saturated rings. The predicted octanol–water partition coefficient (Wildman–Crippen LogP) is 5.52. The second-order valence-corrected chi connectivity index (χ2v) is 6.98. The van der Waals surface area contributed by atoms with Gasteiger partial charge in [-0.2, -0.15) is 0 Å². The van der Waals surface area contributed by atoms with E-state index < -0.39 is 4.92 Å². The maximum atomic E-state index is 13.1. The summed E-state index contributed by atoms with van der Waals surface area (Å²) in [5, 5.41) is 13.1. The number of aliphatic imine (C=N–C) groups is 1. The molecule has 9 heteroatoms. The number of furan rings is 1. The Bertz CT molecular complexity index is 1150. The highest BCUT2D eigenvalue weighted by atomic mass is 32.2. The quantitative estimate of drug-likeness (QED) is 0.452. The molecule has 29 heavy (non-hydrogen) atoms. The third kappa shape index (κ3) is 4.25. The van der Waals surface area contributed by atoms with Crippen LogP contribution in [-0.2, 0) is 0 Å². The van der Waals surface area contributed by atoms with Gasteiger partial charge in [0.2, 0.25) is 0 Å². The number of carbonyl (C=O) groups is 1. The largest absolute Gasteiger partial charge is 0.457 e. The number of rotatable bonds is 4. The van der Waals surface area contributed by atoms with Crippen LogP contribution in [0.15, 0.2) is 75.0 Å². The van der Waals surface area contributed by atoms with Crippen molar-refractivity contribution in [2.24, 2.45) is 4.99 Å². The van der Waals surface area contributed by atoms with E-state index in [0.717, 1.165) is 11.8 Å². The van der Waals surface area contributed by atoms with E-state index in [9.17, 15) is 19.3 Å². The van der Waals surface area contributed by atoms with Crippen molar-refractivity contribution in [3.8, 4) is 11.3 Å². The highest BCUT2D eigenvalue weighted by molar-refractivity contribution is 8.18. The number of amides is 1. The minimum absolute atomic E-state index is 0.00348. The molecule has 4 rings (SSSR count). The Morgan fingerprint density at radius 2 is 1.79 bits per heavy atom. The van der Waals surface area contributed by atoms with Crippen molar-refractivity contribution in [1.29, 1.82) is 0 Å². The number of hydrogen-bond donors (Lipinski definition) is 1. The Labute approximate surface area is 168 Å². The number of benzene rings is 2. The first-order valence-electron chi connectivity index (χ1n) is 8.38. The van der Waals surface area contributed by atoms with Crippen LogP contribution >= 0.6 is 11.8 Å². The van der Waals surface area contributed by atoms with Gasteiger partial charge >= 0.3 is 0 Å². The average Bonchev–Trinajstić information content (AvgIpc) is 3.30. The van der Waals surface area contributed by atoms with Gasteiger partial charge in [-0.3, -0.25) is 14.9 Å². The van der Waals surface area contributed by atoms with Gasteiger partial charge in [0.15, 0.2) is 0 Å². The lowest BCUT2D eigenvalue weighted by atomic mass is 10.1. The SMILES string of the molecule is O=C1NC(=Nc2ccc(F)cc2)C(=Cc2ccc(-c3ccc([N+](=O)[O-])cc3)o2)S1. The van der Waals surface area contributed by atoms with Gasteiger partial charge in [0, 0.05) is 17.7 Å². The highest BCUT2D eigenvalue weighted by Crippen LogP contribution is 2.31. The number of nitrogens with zero attached hydrogens (tertiary/aromatic N) is 2. The van der Waals surface area contributed by atoms with Gasteiger partial charge in [-0.1, -0.05) is 0 Å². The first-order valence-corrected chi connectivity index (χ1v) is 9.19. The van der Waals surface area contributed by atoms with Crippen molar-refractivity contribution in [3.63, 3.8) is 0 Å². The summed E-state index contributed by atoms with van der Waals surface area (Å²) in [6, 6.07) is 15.1. The van der Waals surface area contributed by atoms with Gasteiger partial charge in [-0.15, -0.1) is 0 Å². The second kappa shape index (κ2) is 7.72. The standard InChI is InChI=1S/C20H12FN3O4S/c21-13-3-5-14(6-4-13)22-19-18(29-20(25)23-19)11-16-9-10-17(28-16)12-1-7-15(8-2-12)24(26)27/h1-11H,(H,22,23,25). The third-order valence-electron chi connectivity index (χ3n) is 3.99. The van der Waals surface area contributed by atoms with Crippen LogP contribution in [0.4, 0.5) is 20.6 Å². The molecule has 0 atom stereocenters. The summed E-state index contributed by atoms with van der Waals surface area (Å²) in [6.07, 6.45) is 1.67. The zero-order chi connectivity index (χ0) is 20.4. The average molecular weight is 409 g/mol. The van der Waals surface area contributed by atoms with Gasteiger partial charge in [0.05, 0.1) is 15.5 Å². The van der Waals surface area contributed by atoms with Crippen LogP contribution in [-0.4, -0.2) is 16.0 Å². The molecular formula is C20H12FN3O4S. The molecule has 1 aliphatic rings. The van der Waals surface area contributed by atoms with Crippen molar-refractivity contribution in [3.05, 3.63) is 87.3 Å². The van der Waals surface area contributed by atoms with Gasteiger partial charge in [-0.05, 0) is 66.4 Å². The van der Waals surface area contributed by atoms with Crippen molar-refractivity contribution in [2.45, 2.75) is 0 Å². The maximum Gasteiger partial charge on any atom is 0.289 e. The number of carbonyl (C=O) groups excluding carboxylic acids is 1. The third-order valence-corrected chi connectivity index (χ3v) is 4.81. The van der Waals surface area contributed by atoms with Gasteiger partial charge < -0.3 is 9.73 Å². The molecule has 3 aromatic rings. The monoisotopic (exact) mass is 409 g/mol. The van der Waals surface area contributed by atoms with E-state index in [1.807, 2.05) is 0 Å². The Hall–Kier alpha value is -3.72. The van der Waals surface area contributed by atoms with Gasteiger partial charge in [0.25, 0.3) is 10.9 Å². The van der Waals surface area contributed by atoms with Crippen LogP contribution in [0.1, 0.15) is 5.76 Å². The number of non-ortho nitro benzene ring substituents is 1. The van der Waals surface area contributed by atoms with Crippen LogP contribution < -0.4 is 5.32 Å². The summed E-state index contributed by atoms with van der Waals surface area (Å²) in [6.45, 7) is 0. The minimum atomic E-state index is -0.467. The van der Waals surface area contributed by atoms with E-state index in [-0.39, 0.29) is 16.7 Å². The second-order valence-electron chi connectivity index (χ2n) is 5.97. The number of nitro benzene ring substituents is 1. The molecule has 0 unspecified atom stereocenters. The molecule has 1 aromatic heterocycles. The first-order chi connectivity index (χ1) is 14.0. The molecule has 144 valence electrons. The molecule has 0 radical (unpaired) electrons. The summed E-state index contributed by atoms with van der Waals surface area (Å²) in [7, 11) is 0. The molecule has 0 aliphatic carbocycles. The fourth-order valence-electron chi connectivity index (χ4n) is 2.62. The molecule has 0 bridgehead atoms. The number of thioether (sulfide) groups is 1. The molecule has 1 saturated heterocycles. The van der Waals surface area contributed by atoms with Gasteiger partial charge in [-0.25, -0.2) is 9.38 Å². The van der Waals surface area contributed by atoms with E-state index in [2.05, 4.69) is 10.3 Å². The van der Waals surface area contributed by atoms with Crippen molar-refractivity contribution in [2.75, 3.05) is 0 Å². The molecule has 0 saturated carbocycles. The molecule has 1 amide bonds. The first kappa shape index (κ1) is 18.6. The normalized spacial score (nSPS) is 16.4. The topological polar surface area (TPSA) is 97.7 Å². The molecule has 1 aliphatic heterocycles. The lowest BCUT2D eigenvalue weighted by Gasteiger charge is -1.99. The lowest BCUT2D eigenvalue weighted by Crippen LogP contribution is -2.18. The van der Waals surface area contributed by atoms with E-state index in [0.29, 0.717) is 33.5 Å². The van der Waals surface area contributed by atoms with Crippen molar-refractivity contribution in [1.82, 2.24) is 5.32 Å². The fourth-order valence-corrected chi connectivity index (χ4v) is 3.34. The van der Waals surface area contributed by atoms with Crippen LogP contribution in [0.2, 0.25) is 0 Å². The number of halogens is 1. The zero-order valence-corrected chi connectivity index (χ0v) is 15.5. The van der Waals surface area contributed by atoms with Crippen LogP contribution in [0.5, 0.6) is 0 Å². The molecule has 2 aromatic carbocycles. The fraction of sp³-hybridized carbons (Fsp3) is 0. The molecule has 0 spiro atoms. The Kier molecular flexibility index (Phi) is 4.96. The Morgan fingerprint density at radius 1 is 1.07 bits per heavy atom. The van der Waals surface area contributed by atoms with Crippen LogP contribution in [0.25, 0.3) is 17.4 Å².